The van der Waals surface area contributed by atoms with Gasteiger partial charge in [0, 0.05) is 6.07 Å². The molecule has 0 radical (unpaired) electrons. The number of hydrogen-bond donors (Lipinski definition) is 1. The molecule has 1 atom stereocenters. The Bertz CT molecular complexity index is 246. The van der Waals surface area contributed by atoms with Gasteiger partial charge in [-0.05, 0) is 6.92 Å². The molecule has 0 aliphatic carbocycles. The lowest BCUT2D eigenvalue weighted by molar-refractivity contribution is -0.120. The molecule has 0 saturated heterocycles. The Hall–Kier alpha value is -0.840. The third kappa shape index (κ3) is 2.65. The third-order valence-electron chi connectivity index (χ3n) is 1.29. The van der Waals surface area contributed by atoms with Crippen molar-refractivity contribution in [3.05, 3.63) is 18.0 Å². The molecule has 0 saturated carbocycles. The SMILES string of the molecule is CC(Br)C(=O)NCc1ccno1. The van der Waals surface area contributed by atoms with E-state index in [0.29, 0.717) is 12.3 Å². The number of nitrogens with one attached hydrogen (secondary N) is 1. The fourth-order valence-corrected chi connectivity index (χ4v) is 0.810. The second-order valence-corrected chi connectivity index (χ2v) is 3.69. The van der Waals surface area contributed by atoms with Crippen molar-refractivity contribution in [2.75, 3.05) is 0 Å². The quantitative estimate of drug-likeness (QED) is 0.794. The monoisotopic (exact) mass is 232 g/mol. The molecule has 0 aliphatic heterocycles. The predicted molar refractivity (Wildman–Crippen MR) is 46.7 cm³/mol. The van der Waals surface area contributed by atoms with Gasteiger partial charge in [-0.25, -0.2) is 0 Å². The summed E-state index contributed by atoms with van der Waals surface area (Å²) in [5.74, 6) is 0.586. The number of nitrogens with zero attached hydrogens (tertiary/aromatic N) is 1. The van der Waals surface area contributed by atoms with Crippen LogP contribution in [0.25, 0.3) is 0 Å². The van der Waals surface area contributed by atoms with E-state index in [1.165, 1.54) is 0 Å². The Kier molecular flexibility index (Phi) is 3.28. The Morgan fingerprint density at radius 2 is 2.67 bits per heavy atom. The molecule has 1 aromatic rings. The van der Waals surface area contributed by atoms with Crippen LogP contribution in [-0.2, 0) is 11.3 Å². The first-order valence-electron chi connectivity index (χ1n) is 3.51. The number of halogens is 1. The molecular formula is C7H9BrN2O2. The van der Waals surface area contributed by atoms with Crippen molar-refractivity contribution in [1.29, 1.82) is 0 Å². The van der Waals surface area contributed by atoms with Crippen LogP contribution in [-0.4, -0.2) is 15.9 Å². The maximum atomic E-state index is 11.0. The van der Waals surface area contributed by atoms with Gasteiger partial charge in [-0.15, -0.1) is 0 Å². The van der Waals surface area contributed by atoms with Crippen LogP contribution in [0.3, 0.4) is 0 Å². The minimum atomic E-state index is -0.180. The van der Waals surface area contributed by atoms with E-state index in [1.807, 2.05) is 0 Å². The molecule has 1 aromatic heterocycles. The lowest BCUT2D eigenvalue weighted by atomic mass is 10.4. The zero-order valence-electron chi connectivity index (χ0n) is 6.58. The minimum Gasteiger partial charge on any atom is -0.360 e. The summed E-state index contributed by atoms with van der Waals surface area (Å²) in [5.41, 5.74) is 0. The van der Waals surface area contributed by atoms with E-state index in [0.717, 1.165) is 0 Å². The van der Waals surface area contributed by atoms with Crippen LogP contribution < -0.4 is 5.32 Å². The maximum Gasteiger partial charge on any atom is 0.233 e. The normalized spacial score (nSPS) is 12.5. The van der Waals surface area contributed by atoms with Gasteiger partial charge in [0.1, 0.15) is 0 Å². The van der Waals surface area contributed by atoms with Crippen molar-refractivity contribution in [3.63, 3.8) is 0 Å². The smallest absolute Gasteiger partial charge is 0.233 e. The number of rotatable bonds is 3. The third-order valence-corrected chi connectivity index (χ3v) is 1.71. The van der Waals surface area contributed by atoms with E-state index in [1.54, 1.807) is 19.2 Å². The summed E-state index contributed by atoms with van der Waals surface area (Å²) in [5, 5.41) is 6.17. The molecule has 1 amide bonds. The van der Waals surface area contributed by atoms with Crippen molar-refractivity contribution < 1.29 is 9.32 Å². The summed E-state index contributed by atoms with van der Waals surface area (Å²) in [7, 11) is 0. The second kappa shape index (κ2) is 4.25. The topological polar surface area (TPSA) is 55.1 Å². The molecule has 1 rings (SSSR count). The number of carbonyl (C=O) groups excluding carboxylic acids is 1. The largest absolute Gasteiger partial charge is 0.360 e. The molecule has 5 heteroatoms. The molecule has 0 aromatic carbocycles. The molecule has 0 spiro atoms. The van der Waals surface area contributed by atoms with Gasteiger partial charge >= 0.3 is 0 Å². The highest BCUT2D eigenvalue weighted by Crippen LogP contribution is 1.99. The van der Waals surface area contributed by atoms with Gasteiger partial charge in [0.25, 0.3) is 0 Å². The molecule has 0 bridgehead atoms. The first-order valence-corrected chi connectivity index (χ1v) is 4.43. The van der Waals surface area contributed by atoms with Crippen molar-refractivity contribution in [2.45, 2.75) is 18.3 Å². The zero-order valence-corrected chi connectivity index (χ0v) is 8.17. The first-order chi connectivity index (χ1) is 5.70. The standard InChI is InChI=1S/C7H9BrN2O2/c1-5(8)7(11)9-4-6-2-3-10-12-6/h2-3,5H,4H2,1H3,(H,9,11). The fraction of sp³-hybridized carbons (Fsp3) is 0.429. The second-order valence-electron chi connectivity index (χ2n) is 2.31. The number of hydrogen-bond acceptors (Lipinski definition) is 3. The van der Waals surface area contributed by atoms with Crippen molar-refractivity contribution >= 4 is 21.8 Å². The van der Waals surface area contributed by atoms with Gasteiger partial charge in [-0.3, -0.25) is 4.79 Å². The van der Waals surface area contributed by atoms with Crippen LogP contribution in [0.2, 0.25) is 0 Å². The summed E-state index contributed by atoms with van der Waals surface area (Å²) in [6.45, 7) is 2.14. The summed E-state index contributed by atoms with van der Waals surface area (Å²) in [6, 6.07) is 1.71. The highest BCUT2D eigenvalue weighted by atomic mass is 79.9. The molecule has 66 valence electrons. The van der Waals surface area contributed by atoms with Crippen molar-refractivity contribution in [2.24, 2.45) is 0 Å². The van der Waals surface area contributed by atoms with Crippen LogP contribution >= 0.6 is 15.9 Å². The summed E-state index contributed by atoms with van der Waals surface area (Å²) in [4.78, 5) is 10.8. The zero-order chi connectivity index (χ0) is 8.97. The van der Waals surface area contributed by atoms with Crippen molar-refractivity contribution in [1.82, 2.24) is 10.5 Å². The van der Waals surface area contributed by atoms with Gasteiger partial charge in [0.2, 0.25) is 5.91 Å². The van der Waals surface area contributed by atoms with Crippen molar-refractivity contribution in [3.8, 4) is 0 Å². The van der Waals surface area contributed by atoms with E-state index >= 15 is 0 Å². The Morgan fingerprint density at radius 1 is 1.92 bits per heavy atom. The van der Waals surface area contributed by atoms with E-state index in [4.69, 9.17) is 4.52 Å². The number of aromatic nitrogens is 1. The predicted octanol–water partition coefficient (Wildman–Crippen LogP) is 1.07. The molecule has 12 heavy (non-hydrogen) atoms. The van der Waals surface area contributed by atoms with E-state index < -0.39 is 0 Å². The molecule has 1 unspecified atom stereocenters. The van der Waals surface area contributed by atoms with Gasteiger partial charge in [-0.1, -0.05) is 21.1 Å². The average molecular weight is 233 g/mol. The number of amides is 1. The summed E-state index contributed by atoms with van der Waals surface area (Å²) >= 11 is 3.15. The molecule has 1 N–H and O–H groups in total. The van der Waals surface area contributed by atoms with Gasteiger partial charge in [0.05, 0.1) is 17.6 Å². The van der Waals surface area contributed by atoms with Gasteiger partial charge in [-0.2, -0.15) is 0 Å². The molecule has 0 fully saturated rings. The van der Waals surface area contributed by atoms with Gasteiger partial charge in [0.15, 0.2) is 5.76 Å². The molecule has 0 aliphatic rings. The molecular weight excluding hydrogens is 224 g/mol. The first kappa shape index (κ1) is 9.25. The highest BCUT2D eigenvalue weighted by molar-refractivity contribution is 9.10. The average Bonchev–Trinajstić information content (AvgIpc) is 2.51. The fourth-order valence-electron chi connectivity index (χ4n) is 0.648. The minimum absolute atomic E-state index is 0.0635. The van der Waals surface area contributed by atoms with E-state index in [2.05, 4.69) is 26.4 Å². The lowest BCUT2D eigenvalue weighted by Crippen LogP contribution is -2.28. The van der Waals surface area contributed by atoms with Crippen LogP contribution in [0.1, 0.15) is 12.7 Å². The number of alkyl halides is 1. The van der Waals surface area contributed by atoms with Crippen LogP contribution in [0, 0.1) is 0 Å². The van der Waals surface area contributed by atoms with Crippen LogP contribution in [0.5, 0.6) is 0 Å². The number of carbonyl (C=O) groups is 1. The summed E-state index contributed by atoms with van der Waals surface area (Å²) < 4.78 is 4.78. The molecule has 4 nitrogen and oxygen atoms in total. The van der Waals surface area contributed by atoms with Gasteiger partial charge < -0.3 is 9.84 Å². The Morgan fingerprint density at radius 3 is 3.17 bits per heavy atom. The highest BCUT2D eigenvalue weighted by Gasteiger charge is 2.08. The van der Waals surface area contributed by atoms with Crippen LogP contribution in [0.15, 0.2) is 16.8 Å². The van der Waals surface area contributed by atoms with E-state index in [9.17, 15) is 4.79 Å². The maximum absolute atomic E-state index is 11.0. The summed E-state index contributed by atoms with van der Waals surface area (Å²) in [6.07, 6.45) is 1.54. The Labute approximate surface area is 78.4 Å². The molecule has 1 heterocycles. The lowest BCUT2D eigenvalue weighted by Gasteiger charge is -2.02. The van der Waals surface area contributed by atoms with E-state index in [-0.39, 0.29) is 10.7 Å². The van der Waals surface area contributed by atoms with Crippen LogP contribution in [0.4, 0.5) is 0 Å². The Balaban J connectivity index is 2.32.